The molecule has 0 saturated heterocycles. The van der Waals surface area contributed by atoms with Crippen LogP contribution in [0.4, 0.5) is 8.78 Å². The molecule has 3 rings (SSSR count). The highest BCUT2D eigenvalue weighted by atomic mass is 19.3. The number of hydrogen-bond acceptors (Lipinski definition) is 3. The molecule has 2 N–H and O–H groups in total. The number of carbonyl (C=O) groups is 1. The van der Waals surface area contributed by atoms with Gasteiger partial charge < -0.3 is 15.0 Å². The number of para-hydroxylation sites is 3. The maximum absolute atomic E-state index is 12.5. The number of rotatable bonds is 7. The number of hydrogen-bond donors (Lipinski definition) is 2. The van der Waals surface area contributed by atoms with Gasteiger partial charge in [-0.2, -0.15) is 8.78 Å². The van der Waals surface area contributed by atoms with E-state index in [2.05, 4.69) is 20.0 Å². The van der Waals surface area contributed by atoms with Crippen molar-refractivity contribution in [3.05, 3.63) is 66.0 Å². The number of halogens is 2. The van der Waals surface area contributed by atoms with Gasteiger partial charge in [-0.1, -0.05) is 44.2 Å². The zero-order valence-corrected chi connectivity index (χ0v) is 15.5. The van der Waals surface area contributed by atoms with Crippen LogP contribution < -0.4 is 10.1 Å². The predicted octanol–water partition coefficient (Wildman–Crippen LogP) is 4.69. The molecule has 1 aromatic heterocycles. The minimum absolute atomic E-state index is 0.0132. The molecule has 1 amide bonds. The van der Waals surface area contributed by atoms with Crippen molar-refractivity contribution in [2.24, 2.45) is 5.92 Å². The van der Waals surface area contributed by atoms with Crippen LogP contribution in [0.2, 0.25) is 0 Å². The normalized spacial score (nSPS) is 12.8. The summed E-state index contributed by atoms with van der Waals surface area (Å²) < 4.78 is 29.5. The zero-order valence-electron chi connectivity index (χ0n) is 15.5. The van der Waals surface area contributed by atoms with Crippen LogP contribution >= 0.6 is 0 Å². The Labute approximate surface area is 161 Å². The molecule has 0 aliphatic carbocycles. The maximum atomic E-state index is 12.5. The van der Waals surface area contributed by atoms with Crippen LogP contribution in [0.25, 0.3) is 17.1 Å². The van der Waals surface area contributed by atoms with Crippen molar-refractivity contribution in [2.75, 3.05) is 0 Å². The minimum atomic E-state index is -2.93. The molecule has 0 fully saturated rings. The number of nitrogens with zero attached hydrogens (tertiary/aromatic N) is 1. The second kappa shape index (κ2) is 8.65. The Morgan fingerprint density at radius 2 is 1.86 bits per heavy atom. The number of nitrogens with one attached hydrogen (secondary N) is 2. The first-order valence-corrected chi connectivity index (χ1v) is 8.91. The Morgan fingerprint density at radius 1 is 1.14 bits per heavy atom. The summed E-state index contributed by atoms with van der Waals surface area (Å²) in [7, 11) is 0. The summed E-state index contributed by atoms with van der Waals surface area (Å²) in [6, 6.07) is 13.6. The van der Waals surface area contributed by atoms with Gasteiger partial charge in [0.2, 0.25) is 5.91 Å². The van der Waals surface area contributed by atoms with Gasteiger partial charge in [-0.15, -0.1) is 0 Å². The molecule has 0 aliphatic rings. The van der Waals surface area contributed by atoms with Crippen molar-refractivity contribution in [1.82, 2.24) is 15.3 Å². The molecular formula is C21H21F2N3O2. The van der Waals surface area contributed by atoms with Gasteiger partial charge in [0.15, 0.2) is 0 Å². The topological polar surface area (TPSA) is 67.0 Å². The summed E-state index contributed by atoms with van der Waals surface area (Å²) in [5.74, 6) is 0.414. The van der Waals surface area contributed by atoms with Gasteiger partial charge >= 0.3 is 6.61 Å². The van der Waals surface area contributed by atoms with Crippen LogP contribution in [-0.2, 0) is 4.79 Å². The Bertz CT molecular complexity index is 949. The number of fused-ring (bicyclic) bond motifs is 1. The SMILES string of the molecule is CC(C)[C@H](NC(=O)/C=C/c1ccccc1OC(F)F)c1nc2ccccc2[nH]1. The Hall–Kier alpha value is -3.22. The van der Waals surface area contributed by atoms with Crippen molar-refractivity contribution in [3.8, 4) is 5.75 Å². The number of H-pyrrole nitrogens is 1. The molecule has 0 radical (unpaired) electrons. The monoisotopic (exact) mass is 385 g/mol. The molecular weight excluding hydrogens is 364 g/mol. The maximum Gasteiger partial charge on any atom is 0.387 e. The molecule has 0 aliphatic heterocycles. The fourth-order valence-electron chi connectivity index (χ4n) is 2.86. The lowest BCUT2D eigenvalue weighted by atomic mass is 10.0. The average Bonchev–Trinajstić information content (AvgIpc) is 3.08. The molecule has 0 unspecified atom stereocenters. The standard InChI is InChI=1S/C21H21F2N3O2/c1-13(2)19(20-24-15-8-4-5-9-16(15)25-20)26-18(27)12-11-14-7-3-6-10-17(14)28-21(22)23/h3-13,19,21H,1-2H3,(H,24,25)(H,26,27)/b12-11+/t19-/m0/s1. The van der Waals surface area contributed by atoms with Crippen molar-refractivity contribution >= 4 is 23.0 Å². The highest BCUT2D eigenvalue weighted by molar-refractivity contribution is 5.92. The number of carbonyl (C=O) groups excluding carboxylic acids is 1. The molecule has 1 atom stereocenters. The number of benzene rings is 2. The molecule has 3 aromatic rings. The third kappa shape index (κ3) is 4.73. The molecule has 28 heavy (non-hydrogen) atoms. The number of amides is 1. The molecule has 1 heterocycles. The van der Waals surface area contributed by atoms with Gasteiger partial charge in [0.1, 0.15) is 11.6 Å². The highest BCUT2D eigenvalue weighted by Crippen LogP contribution is 2.23. The number of aromatic nitrogens is 2. The minimum Gasteiger partial charge on any atom is -0.434 e. The van der Waals surface area contributed by atoms with E-state index in [9.17, 15) is 13.6 Å². The van der Waals surface area contributed by atoms with E-state index < -0.39 is 6.61 Å². The molecule has 0 spiro atoms. The fraction of sp³-hybridized carbons (Fsp3) is 0.238. The predicted molar refractivity (Wildman–Crippen MR) is 104 cm³/mol. The summed E-state index contributed by atoms with van der Waals surface area (Å²) >= 11 is 0. The first kappa shape index (κ1) is 19.5. The first-order chi connectivity index (χ1) is 13.4. The Balaban J connectivity index is 1.76. The Morgan fingerprint density at radius 3 is 2.57 bits per heavy atom. The quantitative estimate of drug-likeness (QED) is 0.580. The van der Waals surface area contributed by atoms with Crippen LogP contribution in [0.3, 0.4) is 0 Å². The molecule has 146 valence electrons. The highest BCUT2D eigenvalue weighted by Gasteiger charge is 2.21. The lowest BCUT2D eigenvalue weighted by Crippen LogP contribution is -2.31. The first-order valence-electron chi connectivity index (χ1n) is 8.91. The van der Waals surface area contributed by atoms with Crippen LogP contribution in [0.15, 0.2) is 54.6 Å². The summed E-state index contributed by atoms with van der Waals surface area (Å²) in [4.78, 5) is 20.2. The fourth-order valence-corrected chi connectivity index (χ4v) is 2.86. The van der Waals surface area contributed by atoms with E-state index in [1.807, 2.05) is 38.1 Å². The van der Waals surface area contributed by atoms with Gasteiger partial charge in [-0.05, 0) is 30.2 Å². The second-order valence-corrected chi connectivity index (χ2v) is 6.62. The van der Waals surface area contributed by atoms with E-state index in [1.54, 1.807) is 18.2 Å². The van der Waals surface area contributed by atoms with Gasteiger partial charge in [-0.25, -0.2) is 4.98 Å². The second-order valence-electron chi connectivity index (χ2n) is 6.62. The summed E-state index contributed by atoms with van der Waals surface area (Å²) in [5, 5.41) is 2.92. The lowest BCUT2D eigenvalue weighted by molar-refractivity contribution is -0.117. The van der Waals surface area contributed by atoms with Gasteiger partial charge in [0.05, 0.1) is 17.1 Å². The molecule has 5 nitrogen and oxygen atoms in total. The third-order valence-corrected chi connectivity index (χ3v) is 4.22. The van der Waals surface area contributed by atoms with E-state index in [1.165, 1.54) is 18.2 Å². The van der Waals surface area contributed by atoms with Crippen molar-refractivity contribution < 1.29 is 18.3 Å². The molecule has 2 aromatic carbocycles. The van der Waals surface area contributed by atoms with E-state index in [4.69, 9.17) is 0 Å². The number of alkyl halides is 2. The van der Waals surface area contributed by atoms with E-state index in [0.717, 1.165) is 11.0 Å². The lowest BCUT2D eigenvalue weighted by Gasteiger charge is -2.19. The Kier molecular flexibility index (Phi) is 6.03. The number of aromatic amines is 1. The van der Waals surface area contributed by atoms with Crippen molar-refractivity contribution in [3.63, 3.8) is 0 Å². The van der Waals surface area contributed by atoms with Crippen LogP contribution in [-0.4, -0.2) is 22.5 Å². The number of imidazole rings is 1. The molecule has 0 bridgehead atoms. The van der Waals surface area contributed by atoms with Crippen LogP contribution in [0.5, 0.6) is 5.75 Å². The summed E-state index contributed by atoms with van der Waals surface area (Å²) in [6.45, 7) is 1.03. The van der Waals surface area contributed by atoms with Gasteiger partial charge in [0.25, 0.3) is 0 Å². The smallest absolute Gasteiger partial charge is 0.387 e. The summed E-state index contributed by atoms with van der Waals surface area (Å²) in [5.41, 5.74) is 2.11. The average molecular weight is 385 g/mol. The van der Waals surface area contributed by atoms with Crippen molar-refractivity contribution in [1.29, 1.82) is 0 Å². The molecule has 7 heteroatoms. The van der Waals surface area contributed by atoms with E-state index in [0.29, 0.717) is 11.4 Å². The van der Waals surface area contributed by atoms with Gasteiger partial charge in [0, 0.05) is 11.6 Å². The zero-order chi connectivity index (χ0) is 20.1. The van der Waals surface area contributed by atoms with E-state index >= 15 is 0 Å². The molecule has 0 saturated carbocycles. The van der Waals surface area contributed by atoms with Crippen molar-refractivity contribution in [2.45, 2.75) is 26.5 Å². The van der Waals surface area contributed by atoms with Crippen LogP contribution in [0, 0.1) is 5.92 Å². The number of ether oxygens (including phenoxy) is 1. The van der Waals surface area contributed by atoms with E-state index in [-0.39, 0.29) is 23.6 Å². The van der Waals surface area contributed by atoms with Crippen LogP contribution in [0.1, 0.15) is 31.3 Å². The largest absolute Gasteiger partial charge is 0.434 e. The third-order valence-electron chi connectivity index (χ3n) is 4.22. The van der Waals surface area contributed by atoms with Gasteiger partial charge in [-0.3, -0.25) is 4.79 Å². The summed E-state index contributed by atoms with van der Waals surface area (Å²) in [6.07, 6.45) is 2.74.